The number of benzene rings is 2. The summed E-state index contributed by atoms with van der Waals surface area (Å²) >= 11 is 1.94. The highest BCUT2D eigenvalue weighted by Gasteiger charge is 2.27. The summed E-state index contributed by atoms with van der Waals surface area (Å²) in [6.07, 6.45) is 6.83. The molecule has 0 nitrogen and oxygen atoms in total. The van der Waals surface area contributed by atoms with Crippen LogP contribution in [0.25, 0.3) is 11.1 Å². The van der Waals surface area contributed by atoms with Crippen LogP contribution in [0.4, 0.5) is 0 Å². The van der Waals surface area contributed by atoms with Crippen LogP contribution in [-0.2, 0) is 6.42 Å². The second-order valence-corrected chi connectivity index (χ2v) is 7.91. The topological polar surface area (TPSA) is 0 Å². The van der Waals surface area contributed by atoms with Gasteiger partial charge in [-0.05, 0) is 53.3 Å². The molecule has 0 radical (unpaired) electrons. The van der Waals surface area contributed by atoms with E-state index in [1.165, 1.54) is 48.8 Å². The van der Waals surface area contributed by atoms with Crippen molar-refractivity contribution in [3.63, 3.8) is 0 Å². The van der Waals surface area contributed by atoms with E-state index >= 15 is 0 Å². The highest BCUT2D eigenvalue weighted by molar-refractivity contribution is 7.10. The van der Waals surface area contributed by atoms with Crippen LogP contribution in [0.2, 0.25) is 0 Å². The molecule has 0 spiro atoms. The molecule has 1 aliphatic rings. The Bertz CT molecular complexity index is 734. The average molecular weight is 333 g/mol. The van der Waals surface area contributed by atoms with Crippen LogP contribution in [0.15, 0.2) is 72.1 Å². The Balaban J connectivity index is 1.54. The van der Waals surface area contributed by atoms with Gasteiger partial charge in [0.25, 0.3) is 0 Å². The van der Waals surface area contributed by atoms with E-state index in [1.54, 1.807) is 4.88 Å². The minimum atomic E-state index is 0.704. The SMILES string of the molecule is c1ccc(-c2ccc(CC(c3cccs3)C3CCCC3)cc2)cc1. The molecule has 1 aromatic heterocycles. The van der Waals surface area contributed by atoms with Crippen LogP contribution in [-0.4, -0.2) is 0 Å². The minimum Gasteiger partial charge on any atom is -0.149 e. The van der Waals surface area contributed by atoms with E-state index in [0.717, 1.165) is 5.92 Å². The molecule has 4 rings (SSSR count). The molecule has 1 heterocycles. The summed E-state index contributed by atoms with van der Waals surface area (Å²) in [4.78, 5) is 1.58. The third-order valence-electron chi connectivity index (χ3n) is 5.39. The van der Waals surface area contributed by atoms with Crippen molar-refractivity contribution < 1.29 is 0 Å². The van der Waals surface area contributed by atoms with Crippen LogP contribution in [0, 0.1) is 5.92 Å². The molecule has 1 unspecified atom stereocenters. The van der Waals surface area contributed by atoms with Crippen LogP contribution in [0.3, 0.4) is 0 Å². The van der Waals surface area contributed by atoms with Crippen molar-refractivity contribution >= 4 is 11.3 Å². The van der Waals surface area contributed by atoms with E-state index < -0.39 is 0 Å². The molecule has 0 amide bonds. The minimum absolute atomic E-state index is 0.704. The summed E-state index contributed by atoms with van der Waals surface area (Å²) in [6.45, 7) is 0. The lowest BCUT2D eigenvalue weighted by molar-refractivity contribution is 0.437. The fraction of sp³-hybridized carbons (Fsp3) is 0.304. The highest BCUT2D eigenvalue weighted by Crippen LogP contribution is 2.41. The zero-order valence-electron chi connectivity index (χ0n) is 14.0. The Labute approximate surface area is 149 Å². The van der Waals surface area contributed by atoms with Gasteiger partial charge in [-0.1, -0.05) is 73.5 Å². The normalized spacial score (nSPS) is 16.3. The van der Waals surface area contributed by atoms with Gasteiger partial charge in [-0.15, -0.1) is 11.3 Å². The van der Waals surface area contributed by atoms with Crippen molar-refractivity contribution in [3.05, 3.63) is 82.6 Å². The van der Waals surface area contributed by atoms with Gasteiger partial charge in [0.2, 0.25) is 0 Å². The van der Waals surface area contributed by atoms with Gasteiger partial charge in [0, 0.05) is 10.8 Å². The molecule has 1 saturated carbocycles. The summed E-state index contributed by atoms with van der Waals surface area (Å²) in [5, 5.41) is 2.23. The Morgan fingerprint density at radius 2 is 1.50 bits per heavy atom. The fourth-order valence-corrected chi connectivity index (χ4v) is 5.00. The van der Waals surface area contributed by atoms with Gasteiger partial charge in [-0.25, -0.2) is 0 Å². The van der Waals surface area contributed by atoms with Gasteiger partial charge in [-0.3, -0.25) is 0 Å². The second-order valence-electron chi connectivity index (χ2n) is 6.93. The predicted molar refractivity (Wildman–Crippen MR) is 105 cm³/mol. The van der Waals surface area contributed by atoms with Crippen molar-refractivity contribution in [2.24, 2.45) is 5.92 Å². The largest absolute Gasteiger partial charge is 0.149 e. The van der Waals surface area contributed by atoms with Crippen molar-refractivity contribution in [2.45, 2.75) is 38.0 Å². The van der Waals surface area contributed by atoms with Crippen LogP contribution >= 0.6 is 11.3 Å². The Kier molecular flexibility index (Phi) is 4.80. The Hall–Kier alpha value is -1.86. The second kappa shape index (κ2) is 7.36. The lowest BCUT2D eigenvalue weighted by Gasteiger charge is -2.22. The van der Waals surface area contributed by atoms with Crippen molar-refractivity contribution in [2.75, 3.05) is 0 Å². The third-order valence-corrected chi connectivity index (χ3v) is 6.40. The zero-order chi connectivity index (χ0) is 16.2. The summed E-state index contributed by atoms with van der Waals surface area (Å²) in [5.41, 5.74) is 4.09. The van der Waals surface area contributed by atoms with Crippen LogP contribution in [0.1, 0.15) is 42.0 Å². The Morgan fingerprint density at radius 1 is 0.792 bits per heavy atom. The number of hydrogen-bond donors (Lipinski definition) is 0. The van der Waals surface area contributed by atoms with Crippen LogP contribution < -0.4 is 0 Å². The summed E-state index contributed by atoms with van der Waals surface area (Å²) in [5.74, 6) is 1.58. The molecular formula is C23H24S. The van der Waals surface area contributed by atoms with Crippen molar-refractivity contribution in [3.8, 4) is 11.1 Å². The number of hydrogen-bond acceptors (Lipinski definition) is 1. The number of thiophene rings is 1. The van der Waals surface area contributed by atoms with E-state index in [1.807, 2.05) is 11.3 Å². The smallest absolute Gasteiger partial charge is 0.00822 e. The van der Waals surface area contributed by atoms with E-state index in [9.17, 15) is 0 Å². The quantitative estimate of drug-likeness (QED) is 0.475. The summed E-state index contributed by atoms with van der Waals surface area (Å²) < 4.78 is 0. The van der Waals surface area contributed by atoms with E-state index in [0.29, 0.717) is 5.92 Å². The third kappa shape index (κ3) is 3.47. The molecular weight excluding hydrogens is 308 g/mol. The number of rotatable bonds is 5. The molecule has 122 valence electrons. The molecule has 0 N–H and O–H groups in total. The first-order chi connectivity index (χ1) is 11.9. The molecule has 2 aromatic carbocycles. The summed E-state index contributed by atoms with van der Waals surface area (Å²) in [7, 11) is 0. The lowest BCUT2D eigenvalue weighted by Crippen LogP contribution is -2.11. The average Bonchev–Trinajstić information content (AvgIpc) is 3.35. The van der Waals surface area contributed by atoms with Crippen molar-refractivity contribution in [1.29, 1.82) is 0 Å². The van der Waals surface area contributed by atoms with Gasteiger partial charge in [0.15, 0.2) is 0 Å². The van der Waals surface area contributed by atoms with Gasteiger partial charge >= 0.3 is 0 Å². The first-order valence-electron chi connectivity index (χ1n) is 9.08. The molecule has 1 aliphatic carbocycles. The molecule has 1 heteroatoms. The standard InChI is InChI=1S/C23H24S/c1-2-7-19(8-3-1)20-14-12-18(13-15-20)17-22(21-9-4-5-10-21)23-11-6-16-24-23/h1-3,6-8,11-16,21-22H,4-5,9-10,17H2. The molecule has 24 heavy (non-hydrogen) atoms. The van der Waals surface area contributed by atoms with Gasteiger partial charge in [0.1, 0.15) is 0 Å². The summed E-state index contributed by atoms with van der Waals surface area (Å²) in [6, 6.07) is 24.4. The highest BCUT2D eigenvalue weighted by atomic mass is 32.1. The van der Waals surface area contributed by atoms with E-state index in [2.05, 4.69) is 72.1 Å². The van der Waals surface area contributed by atoms with Crippen molar-refractivity contribution in [1.82, 2.24) is 0 Å². The van der Waals surface area contributed by atoms with Gasteiger partial charge < -0.3 is 0 Å². The predicted octanol–water partition coefficient (Wildman–Crippen LogP) is 6.93. The fourth-order valence-electron chi connectivity index (χ4n) is 4.08. The maximum absolute atomic E-state index is 2.34. The van der Waals surface area contributed by atoms with E-state index in [4.69, 9.17) is 0 Å². The monoisotopic (exact) mass is 332 g/mol. The Morgan fingerprint density at radius 3 is 2.17 bits per heavy atom. The molecule has 0 bridgehead atoms. The molecule has 0 aliphatic heterocycles. The molecule has 1 atom stereocenters. The van der Waals surface area contributed by atoms with Crippen LogP contribution in [0.5, 0.6) is 0 Å². The maximum atomic E-state index is 2.34. The van der Waals surface area contributed by atoms with Gasteiger partial charge in [-0.2, -0.15) is 0 Å². The molecule has 0 saturated heterocycles. The first-order valence-corrected chi connectivity index (χ1v) is 9.96. The molecule has 1 fully saturated rings. The zero-order valence-corrected chi connectivity index (χ0v) is 14.8. The lowest BCUT2D eigenvalue weighted by atomic mass is 9.84. The first kappa shape index (κ1) is 15.7. The van der Waals surface area contributed by atoms with E-state index in [-0.39, 0.29) is 0 Å². The maximum Gasteiger partial charge on any atom is 0.00822 e. The van der Waals surface area contributed by atoms with Gasteiger partial charge in [0.05, 0.1) is 0 Å². The molecule has 3 aromatic rings.